The van der Waals surface area contributed by atoms with Crippen LogP contribution >= 0.6 is 12.2 Å². The molecule has 0 fully saturated rings. The Balaban J connectivity index is 1.69. The predicted molar refractivity (Wildman–Crippen MR) is 104 cm³/mol. The first-order chi connectivity index (χ1) is 12.2. The van der Waals surface area contributed by atoms with E-state index in [1.807, 2.05) is 30.5 Å². The Labute approximate surface area is 151 Å². The molecule has 2 aromatic carbocycles. The summed E-state index contributed by atoms with van der Waals surface area (Å²) >= 11 is 5.38. The molecule has 3 aromatic rings. The van der Waals surface area contributed by atoms with Crippen molar-refractivity contribution in [1.29, 1.82) is 0 Å². The molecule has 25 heavy (non-hydrogen) atoms. The van der Waals surface area contributed by atoms with E-state index in [1.165, 1.54) is 0 Å². The molecule has 0 radical (unpaired) electrons. The van der Waals surface area contributed by atoms with Crippen LogP contribution in [-0.4, -0.2) is 22.7 Å². The molecule has 0 spiro atoms. The number of ether oxygens (including phenoxy) is 1. The lowest BCUT2D eigenvalue weighted by molar-refractivity contribution is 0.0526. The fraction of sp³-hybridized carbons (Fsp3) is 0.105. The van der Waals surface area contributed by atoms with Crippen LogP contribution in [0, 0.1) is 0 Å². The van der Waals surface area contributed by atoms with Crippen LogP contribution < -0.4 is 10.6 Å². The Kier molecular flexibility index (Phi) is 5.20. The van der Waals surface area contributed by atoms with E-state index >= 15 is 0 Å². The number of hydrogen-bond acceptors (Lipinski definition) is 4. The number of nitrogens with one attached hydrogen (secondary N) is 2. The third-order valence-electron chi connectivity index (χ3n) is 3.58. The molecule has 0 saturated heterocycles. The smallest absolute Gasteiger partial charge is 0.338 e. The molecule has 0 unspecified atom stereocenters. The zero-order chi connectivity index (χ0) is 17.6. The third kappa shape index (κ3) is 4.10. The van der Waals surface area contributed by atoms with E-state index < -0.39 is 0 Å². The number of fused-ring (bicyclic) bond motifs is 1. The van der Waals surface area contributed by atoms with Gasteiger partial charge in [-0.15, -0.1) is 0 Å². The maximum Gasteiger partial charge on any atom is 0.338 e. The van der Waals surface area contributed by atoms with E-state index in [4.69, 9.17) is 17.0 Å². The second kappa shape index (κ2) is 7.72. The van der Waals surface area contributed by atoms with E-state index in [-0.39, 0.29) is 5.97 Å². The SMILES string of the molecule is CCOC(=O)c1ccc(NC(=S)Nc2cccc3cnccc23)cc1. The Hall–Kier alpha value is -2.99. The summed E-state index contributed by atoms with van der Waals surface area (Å²) in [6.45, 7) is 2.13. The van der Waals surface area contributed by atoms with Crippen molar-refractivity contribution >= 4 is 45.4 Å². The number of rotatable bonds is 4. The van der Waals surface area contributed by atoms with E-state index in [1.54, 1.807) is 37.4 Å². The van der Waals surface area contributed by atoms with Gasteiger partial charge in [-0.1, -0.05) is 12.1 Å². The standard InChI is InChI=1S/C19H17N3O2S/c1-2-24-18(23)13-6-8-15(9-7-13)21-19(25)22-17-5-3-4-14-12-20-11-10-16(14)17/h3-12H,2H2,1H3,(H2,21,22,25). The number of nitrogens with zero attached hydrogens (tertiary/aromatic N) is 1. The van der Waals surface area contributed by atoms with E-state index in [0.717, 1.165) is 22.1 Å². The van der Waals surface area contributed by atoms with E-state index in [0.29, 0.717) is 17.3 Å². The normalized spacial score (nSPS) is 10.3. The summed E-state index contributed by atoms with van der Waals surface area (Å²) in [6.07, 6.45) is 3.56. The summed E-state index contributed by atoms with van der Waals surface area (Å²) < 4.78 is 4.97. The van der Waals surface area contributed by atoms with Crippen LogP contribution in [-0.2, 0) is 4.74 Å². The highest BCUT2D eigenvalue weighted by Gasteiger charge is 2.07. The number of carbonyl (C=O) groups excluding carboxylic acids is 1. The van der Waals surface area contributed by atoms with Crippen molar-refractivity contribution in [3.8, 4) is 0 Å². The van der Waals surface area contributed by atoms with Gasteiger partial charge in [0.15, 0.2) is 5.11 Å². The first-order valence-corrected chi connectivity index (χ1v) is 8.26. The highest BCUT2D eigenvalue weighted by Crippen LogP contribution is 2.22. The quantitative estimate of drug-likeness (QED) is 0.542. The molecule has 0 amide bonds. The molecule has 1 aromatic heterocycles. The van der Waals surface area contributed by atoms with Crippen LogP contribution in [0.4, 0.5) is 11.4 Å². The fourth-order valence-electron chi connectivity index (χ4n) is 2.42. The zero-order valence-corrected chi connectivity index (χ0v) is 14.5. The summed E-state index contributed by atoms with van der Waals surface area (Å²) in [5.41, 5.74) is 2.20. The van der Waals surface area contributed by atoms with E-state index in [9.17, 15) is 4.79 Å². The number of pyridine rings is 1. The molecule has 1 heterocycles. The minimum atomic E-state index is -0.334. The van der Waals surface area contributed by atoms with Gasteiger partial charge in [-0.25, -0.2) is 4.79 Å². The average molecular weight is 351 g/mol. The Morgan fingerprint density at radius 1 is 1.12 bits per heavy atom. The number of thiocarbonyl (C=S) groups is 1. The van der Waals surface area contributed by atoms with Gasteiger partial charge in [0, 0.05) is 34.5 Å². The largest absolute Gasteiger partial charge is 0.462 e. The van der Waals surface area contributed by atoms with Crippen LogP contribution in [0.25, 0.3) is 10.8 Å². The van der Waals surface area contributed by atoms with E-state index in [2.05, 4.69) is 15.6 Å². The van der Waals surface area contributed by atoms with Crippen LogP contribution in [0.5, 0.6) is 0 Å². The number of benzene rings is 2. The molecule has 0 saturated carbocycles. The van der Waals surface area contributed by atoms with Crippen molar-refractivity contribution in [3.63, 3.8) is 0 Å². The number of hydrogen-bond donors (Lipinski definition) is 2. The van der Waals surface area contributed by atoms with Crippen molar-refractivity contribution in [3.05, 3.63) is 66.5 Å². The number of carbonyl (C=O) groups is 1. The van der Waals surface area contributed by atoms with Crippen molar-refractivity contribution in [2.75, 3.05) is 17.2 Å². The molecule has 0 bridgehead atoms. The second-order valence-corrected chi connectivity index (χ2v) is 5.69. The molecule has 2 N–H and O–H groups in total. The molecular formula is C19H17N3O2S. The van der Waals surface area contributed by atoms with Crippen molar-refractivity contribution < 1.29 is 9.53 Å². The van der Waals surface area contributed by atoms with Crippen molar-refractivity contribution in [2.24, 2.45) is 0 Å². The Morgan fingerprint density at radius 3 is 2.68 bits per heavy atom. The molecule has 0 aliphatic carbocycles. The Morgan fingerprint density at radius 2 is 1.92 bits per heavy atom. The molecule has 0 aliphatic heterocycles. The summed E-state index contributed by atoms with van der Waals surface area (Å²) in [5, 5.41) is 8.84. The van der Waals surface area contributed by atoms with Crippen molar-refractivity contribution in [1.82, 2.24) is 4.98 Å². The summed E-state index contributed by atoms with van der Waals surface area (Å²) in [7, 11) is 0. The van der Waals surface area contributed by atoms with Crippen LogP contribution in [0.3, 0.4) is 0 Å². The van der Waals surface area contributed by atoms with Gasteiger partial charge >= 0.3 is 5.97 Å². The molecule has 126 valence electrons. The number of anilines is 2. The van der Waals surface area contributed by atoms with Gasteiger partial charge in [-0.2, -0.15) is 0 Å². The first kappa shape index (κ1) is 16.9. The van der Waals surface area contributed by atoms with Gasteiger partial charge in [0.2, 0.25) is 0 Å². The Bertz CT molecular complexity index is 905. The molecule has 0 atom stereocenters. The maximum atomic E-state index is 11.7. The molecule has 6 heteroatoms. The summed E-state index contributed by atoms with van der Waals surface area (Å²) in [6, 6.07) is 14.8. The maximum absolute atomic E-state index is 11.7. The lowest BCUT2D eigenvalue weighted by Crippen LogP contribution is -2.19. The lowest BCUT2D eigenvalue weighted by Gasteiger charge is -2.12. The van der Waals surface area contributed by atoms with Crippen molar-refractivity contribution in [2.45, 2.75) is 6.92 Å². The van der Waals surface area contributed by atoms with Gasteiger partial charge in [0.05, 0.1) is 12.2 Å². The van der Waals surface area contributed by atoms with Gasteiger partial charge < -0.3 is 15.4 Å². The summed E-state index contributed by atoms with van der Waals surface area (Å²) in [4.78, 5) is 15.8. The predicted octanol–water partition coefficient (Wildman–Crippen LogP) is 4.22. The first-order valence-electron chi connectivity index (χ1n) is 7.85. The van der Waals surface area contributed by atoms with Gasteiger partial charge in [0.25, 0.3) is 0 Å². The second-order valence-electron chi connectivity index (χ2n) is 5.28. The molecular weight excluding hydrogens is 334 g/mol. The molecule has 0 aliphatic rings. The van der Waals surface area contributed by atoms with Crippen LogP contribution in [0.2, 0.25) is 0 Å². The highest BCUT2D eigenvalue weighted by atomic mass is 32.1. The zero-order valence-electron chi connectivity index (χ0n) is 13.7. The highest BCUT2D eigenvalue weighted by molar-refractivity contribution is 7.80. The fourth-order valence-corrected chi connectivity index (χ4v) is 2.65. The van der Waals surface area contributed by atoms with Crippen LogP contribution in [0.1, 0.15) is 17.3 Å². The third-order valence-corrected chi connectivity index (χ3v) is 3.79. The average Bonchev–Trinajstić information content (AvgIpc) is 2.63. The number of aromatic nitrogens is 1. The van der Waals surface area contributed by atoms with Gasteiger partial charge in [-0.3, -0.25) is 4.98 Å². The molecule has 5 nitrogen and oxygen atoms in total. The van der Waals surface area contributed by atoms with Gasteiger partial charge in [-0.05, 0) is 55.5 Å². The van der Waals surface area contributed by atoms with Crippen LogP contribution in [0.15, 0.2) is 60.9 Å². The summed E-state index contributed by atoms with van der Waals surface area (Å²) in [5.74, 6) is -0.334. The van der Waals surface area contributed by atoms with Gasteiger partial charge in [0.1, 0.15) is 0 Å². The minimum absolute atomic E-state index is 0.334. The monoisotopic (exact) mass is 351 g/mol. The number of esters is 1. The topological polar surface area (TPSA) is 63.2 Å². The lowest BCUT2D eigenvalue weighted by atomic mass is 10.1. The minimum Gasteiger partial charge on any atom is -0.462 e. The molecule has 3 rings (SSSR count).